The van der Waals surface area contributed by atoms with Crippen LogP contribution in [0.5, 0.6) is 0 Å². The molecule has 0 aliphatic heterocycles. The van der Waals surface area contributed by atoms with E-state index in [1.165, 1.54) is 83.5 Å². The van der Waals surface area contributed by atoms with Crippen molar-refractivity contribution in [3.05, 3.63) is 0 Å². The van der Waals surface area contributed by atoms with Gasteiger partial charge in [0.25, 0.3) is 0 Å². The van der Waals surface area contributed by atoms with Gasteiger partial charge in [-0.3, -0.25) is 0 Å². The Kier molecular flexibility index (Phi) is 6.27. The average Bonchev–Trinajstić information content (AvgIpc) is 2.38. The lowest BCUT2D eigenvalue weighted by atomic mass is 9.46. The zero-order valence-electron chi connectivity index (χ0n) is 14.9. The van der Waals surface area contributed by atoms with E-state index in [4.69, 9.17) is 7.85 Å². The lowest BCUT2D eigenvalue weighted by Crippen LogP contribution is -2.36. The van der Waals surface area contributed by atoms with Crippen molar-refractivity contribution in [2.75, 3.05) is 0 Å². The van der Waals surface area contributed by atoms with Crippen molar-refractivity contribution < 1.29 is 0 Å². The first-order valence-electron chi connectivity index (χ1n) is 9.76. The quantitative estimate of drug-likeness (QED) is 0.496. The van der Waals surface area contributed by atoms with Crippen molar-refractivity contribution in [1.29, 1.82) is 0 Å². The predicted octanol–water partition coefficient (Wildman–Crippen LogP) is 6.69. The zero-order valence-corrected chi connectivity index (χ0v) is 14.9. The molecule has 120 valence electrons. The molecule has 0 aromatic rings. The van der Waals surface area contributed by atoms with Gasteiger partial charge in [0.15, 0.2) is 0 Å². The van der Waals surface area contributed by atoms with Crippen LogP contribution in [-0.4, -0.2) is 7.85 Å². The summed E-state index contributed by atoms with van der Waals surface area (Å²) in [6.45, 7) is 7.35. The topological polar surface area (TPSA) is 0 Å². The van der Waals surface area contributed by atoms with Gasteiger partial charge in [-0.2, -0.15) is 0 Å². The Morgan fingerprint density at radius 2 is 1.24 bits per heavy atom. The molecule has 2 rings (SSSR count). The Morgan fingerprint density at radius 3 is 1.71 bits per heavy atom. The van der Waals surface area contributed by atoms with Gasteiger partial charge in [-0.1, -0.05) is 96.7 Å². The summed E-state index contributed by atoms with van der Waals surface area (Å²) in [7, 11) is 7.05. The summed E-state index contributed by atoms with van der Waals surface area (Å²) in [5, 5.41) is 0.123. The van der Waals surface area contributed by atoms with Gasteiger partial charge < -0.3 is 0 Å². The van der Waals surface area contributed by atoms with Crippen LogP contribution in [0.1, 0.15) is 104 Å². The van der Waals surface area contributed by atoms with Gasteiger partial charge in [0, 0.05) is 0 Å². The Hall–Kier alpha value is 0.0649. The minimum Gasteiger partial charge on any atom is -0.0625 e. The highest BCUT2D eigenvalue weighted by Crippen LogP contribution is 2.58. The normalized spacial score (nSPS) is 35.5. The lowest BCUT2D eigenvalue weighted by Gasteiger charge is -2.50. The van der Waals surface area contributed by atoms with Crippen molar-refractivity contribution in [3.8, 4) is 0 Å². The van der Waals surface area contributed by atoms with Crippen LogP contribution >= 0.6 is 0 Å². The molecule has 2 fully saturated rings. The fourth-order valence-corrected chi connectivity index (χ4v) is 5.08. The molecule has 0 aromatic heterocycles. The summed E-state index contributed by atoms with van der Waals surface area (Å²) < 4.78 is 0. The second-order valence-electron chi connectivity index (χ2n) is 8.77. The second kappa shape index (κ2) is 7.56. The molecule has 0 unspecified atom stereocenters. The van der Waals surface area contributed by atoms with Crippen LogP contribution in [0.2, 0.25) is 5.31 Å². The van der Waals surface area contributed by atoms with Crippen LogP contribution in [0.3, 0.4) is 0 Å². The van der Waals surface area contributed by atoms with Crippen molar-refractivity contribution >= 4 is 7.85 Å². The Balaban J connectivity index is 2.02. The first-order chi connectivity index (χ1) is 9.97. The van der Waals surface area contributed by atoms with Crippen LogP contribution in [0.15, 0.2) is 0 Å². The molecule has 0 atom stereocenters. The van der Waals surface area contributed by atoms with E-state index < -0.39 is 0 Å². The molecule has 0 spiro atoms. The molecule has 0 amide bonds. The summed E-state index contributed by atoms with van der Waals surface area (Å²) >= 11 is 0. The molecule has 0 aromatic carbocycles. The lowest BCUT2D eigenvalue weighted by molar-refractivity contribution is 0.110. The first-order valence-corrected chi connectivity index (χ1v) is 9.76. The van der Waals surface area contributed by atoms with Gasteiger partial charge in [-0.05, 0) is 30.1 Å². The molecule has 0 heterocycles. The van der Waals surface area contributed by atoms with E-state index in [0.717, 1.165) is 11.8 Å². The Bertz CT molecular complexity index is 289. The van der Waals surface area contributed by atoms with Crippen molar-refractivity contribution in [2.45, 2.75) is 110 Å². The molecule has 1 heteroatoms. The molecule has 0 bridgehead atoms. The number of rotatable bonds is 2. The number of hydrogen-bond acceptors (Lipinski definition) is 0. The minimum atomic E-state index is 0.123. The minimum absolute atomic E-state index is 0.123. The van der Waals surface area contributed by atoms with Crippen molar-refractivity contribution in [2.24, 2.45) is 17.3 Å². The summed E-state index contributed by atoms with van der Waals surface area (Å²) in [5.41, 5.74) is 0.395. The Morgan fingerprint density at radius 1 is 0.762 bits per heavy atom. The van der Waals surface area contributed by atoms with Crippen LogP contribution < -0.4 is 0 Å². The Labute approximate surface area is 135 Å². The van der Waals surface area contributed by atoms with Gasteiger partial charge >= 0.3 is 0 Å². The standard InChI is InChI=1S/C20H37B/c1-17(2)18-11-9-13-19(3,14-10-12-18)20(21)15-7-5-4-6-8-16-20/h17-18H,4-16H2,1-3H3. The molecule has 0 saturated heterocycles. The van der Waals surface area contributed by atoms with Gasteiger partial charge in [0.2, 0.25) is 0 Å². The molecule has 0 nitrogen and oxygen atoms in total. The molecule has 2 aliphatic rings. The first kappa shape index (κ1) is 17.4. The van der Waals surface area contributed by atoms with Gasteiger partial charge in [0.05, 0.1) is 7.85 Å². The molecule has 0 N–H and O–H groups in total. The monoisotopic (exact) mass is 288 g/mol. The molecular weight excluding hydrogens is 251 g/mol. The average molecular weight is 288 g/mol. The van der Waals surface area contributed by atoms with E-state index in [9.17, 15) is 0 Å². The fourth-order valence-electron chi connectivity index (χ4n) is 5.08. The highest BCUT2D eigenvalue weighted by molar-refractivity contribution is 6.15. The number of hydrogen-bond donors (Lipinski definition) is 0. The van der Waals surface area contributed by atoms with Gasteiger partial charge in [-0.15, -0.1) is 0 Å². The van der Waals surface area contributed by atoms with E-state index >= 15 is 0 Å². The van der Waals surface area contributed by atoms with Crippen molar-refractivity contribution in [1.82, 2.24) is 0 Å². The SMILES string of the molecule is [B]C1(C2(C)CCCC(C(C)C)CCC2)CCCCCCC1. The highest BCUT2D eigenvalue weighted by Gasteiger charge is 2.43. The van der Waals surface area contributed by atoms with Gasteiger partial charge in [0.1, 0.15) is 0 Å². The fraction of sp³-hybridized carbons (Fsp3) is 1.00. The molecule has 2 saturated carbocycles. The predicted molar refractivity (Wildman–Crippen MR) is 94.9 cm³/mol. The van der Waals surface area contributed by atoms with E-state index in [0.29, 0.717) is 5.41 Å². The summed E-state index contributed by atoms with van der Waals surface area (Å²) in [4.78, 5) is 0. The third kappa shape index (κ3) is 4.29. The molecule has 21 heavy (non-hydrogen) atoms. The van der Waals surface area contributed by atoms with Crippen LogP contribution in [0, 0.1) is 17.3 Å². The van der Waals surface area contributed by atoms with E-state index in [1.54, 1.807) is 0 Å². The largest absolute Gasteiger partial charge is 0.0753 e. The highest BCUT2D eigenvalue weighted by atomic mass is 14.4. The van der Waals surface area contributed by atoms with Crippen molar-refractivity contribution in [3.63, 3.8) is 0 Å². The van der Waals surface area contributed by atoms with Crippen LogP contribution in [0.4, 0.5) is 0 Å². The van der Waals surface area contributed by atoms with Gasteiger partial charge in [-0.25, -0.2) is 0 Å². The van der Waals surface area contributed by atoms with Crippen LogP contribution in [0.25, 0.3) is 0 Å². The van der Waals surface area contributed by atoms with E-state index in [2.05, 4.69) is 20.8 Å². The third-order valence-corrected chi connectivity index (χ3v) is 7.00. The molecule has 2 radical (unpaired) electrons. The maximum atomic E-state index is 7.05. The maximum absolute atomic E-state index is 7.05. The third-order valence-electron chi connectivity index (χ3n) is 7.00. The molecule has 2 aliphatic carbocycles. The van der Waals surface area contributed by atoms with E-state index in [1.807, 2.05) is 0 Å². The second-order valence-corrected chi connectivity index (χ2v) is 8.77. The molecular formula is C20H37B. The summed E-state index contributed by atoms with van der Waals surface area (Å²) in [5.74, 6) is 1.82. The van der Waals surface area contributed by atoms with Crippen LogP contribution in [-0.2, 0) is 0 Å². The summed E-state index contributed by atoms with van der Waals surface area (Å²) in [6.07, 6.45) is 17.9. The maximum Gasteiger partial charge on any atom is 0.0753 e. The smallest absolute Gasteiger partial charge is 0.0625 e. The summed E-state index contributed by atoms with van der Waals surface area (Å²) in [6, 6.07) is 0. The zero-order chi connectivity index (χ0) is 15.3. The van der Waals surface area contributed by atoms with E-state index in [-0.39, 0.29) is 5.31 Å².